The molecule has 3 rings (SSSR count). The average molecular weight is 346 g/mol. The SMILES string of the molecule is CC(Cc1cccc(Cl)c1)NC(=O)Cn1ncn2nccc2c1=O. The highest BCUT2D eigenvalue weighted by Gasteiger charge is 2.12. The van der Waals surface area contributed by atoms with Gasteiger partial charge < -0.3 is 5.32 Å². The van der Waals surface area contributed by atoms with Crippen molar-refractivity contribution in [2.45, 2.75) is 25.9 Å². The maximum Gasteiger partial charge on any atom is 0.293 e. The van der Waals surface area contributed by atoms with Gasteiger partial charge >= 0.3 is 0 Å². The zero-order valence-corrected chi connectivity index (χ0v) is 13.8. The minimum atomic E-state index is -0.354. The summed E-state index contributed by atoms with van der Waals surface area (Å²) in [6.07, 6.45) is 3.56. The van der Waals surface area contributed by atoms with Crippen LogP contribution in [0.2, 0.25) is 5.02 Å². The molecule has 1 amide bonds. The first kappa shape index (κ1) is 16.2. The second kappa shape index (κ2) is 6.84. The fraction of sp³-hybridized carbons (Fsp3) is 0.250. The molecule has 0 saturated carbocycles. The van der Waals surface area contributed by atoms with Gasteiger partial charge in [0.05, 0.1) is 6.20 Å². The first-order valence-corrected chi connectivity index (χ1v) is 7.84. The molecule has 0 bridgehead atoms. The summed E-state index contributed by atoms with van der Waals surface area (Å²) in [5, 5.41) is 11.4. The maximum absolute atomic E-state index is 12.2. The topological polar surface area (TPSA) is 81.3 Å². The molecule has 2 heterocycles. The Labute approximate surface area is 142 Å². The Hall–Kier alpha value is -2.67. The molecule has 3 aromatic rings. The van der Waals surface area contributed by atoms with Crippen LogP contribution in [0.25, 0.3) is 5.52 Å². The minimum absolute atomic E-state index is 0.0923. The van der Waals surface area contributed by atoms with E-state index < -0.39 is 0 Å². The molecule has 8 heteroatoms. The van der Waals surface area contributed by atoms with E-state index in [-0.39, 0.29) is 24.1 Å². The largest absolute Gasteiger partial charge is 0.352 e. The Morgan fingerprint density at radius 1 is 1.33 bits per heavy atom. The quantitative estimate of drug-likeness (QED) is 0.755. The maximum atomic E-state index is 12.2. The molecule has 0 radical (unpaired) electrons. The van der Waals surface area contributed by atoms with E-state index in [4.69, 9.17) is 11.6 Å². The van der Waals surface area contributed by atoms with Crippen LogP contribution < -0.4 is 10.9 Å². The third-order valence-corrected chi connectivity index (χ3v) is 3.79. The predicted molar refractivity (Wildman–Crippen MR) is 90.0 cm³/mol. The van der Waals surface area contributed by atoms with E-state index in [2.05, 4.69) is 15.5 Å². The van der Waals surface area contributed by atoms with Crippen LogP contribution in [0.3, 0.4) is 0 Å². The second-order valence-corrected chi connectivity index (χ2v) is 5.99. The van der Waals surface area contributed by atoms with E-state index in [1.165, 1.54) is 17.0 Å². The van der Waals surface area contributed by atoms with E-state index in [9.17, 15) is 9.59 Å². The van der Waals surface area contributed by atoms with E-state index in [1.807, 2.05) is 25.1 Å². The zero-order valence-electron chi connectivity index (χ0n) is 13.0. The van der Waals surface area contributed by atoms with Gasteiger partial charge in [0.25, 0.3) is 5.56 Å². The predicted octanol–water partition coefficient (Wildman–Crippen LogP) is 1.29. The lowest BCUT2D eigenvalue weighted by atomic mass is 10.1. The molecule has 7 nitrogen and oxygen atoms in total. The van der Waals surface area contributed by atoms with Crippen molar-refractivity contribution in [1.29, 1.82) is 0 Å². The van der Waals surface area contributed by atoms with Gasteiger partial charge in [-0.25, -0.2) is 9.20 Å². The van der Waals surface area contributed by atoms with Crippen molar-refractivity contribution < 1.29 is 4.79 Å². The van der Waals surface area contributed by atoms with Gasteiger partial charge in [-0.2, -0.15) is 10.2 Å². The van der Waals surface area contributed by atoms with Crippen molar-refractivity contribution in [3.8, 4) is 0 Å². The van der Waals surface area contributed by atoms with Gasteiger partial charge in [0, 0.05) is 11.1 Å². The highest BCUT2D eigenvalue weighted by molar-refractivity contribution is 6.30. The molecule has 24 heavy (non-hydrogen) atoms. The highest BCUT2D eigenvalue weighted by Crippen LogP contribution is 2.12. The summed E-state index contributed by atoms with van der Waals surface area (Å²) in [5.74, 6) is -0.275. The van der Waals surface area contributed by atoms with Crippen LogP contribution >= 0.6 is 11.6 Å². The summed E-state index contributed by atoms with van der Waals surface area (Å²) in [6, 6.07) is 8.98. The number of aromatic nitrogens is 4. The molecule has 2 aromatic heterocycles. The molecule has 1 N–H and O–H groups in total. The molecular weight excluding hydrogens is 330 g/mol. The smallest absolute Gasteiger partial charge is 0.293 e. The third-order valence-electron chi connectivity index (χ3n) is 3.56. The summed E-state index contributed by atoms with van der Waals surface area (Å²) in [4.78, 5) is 24.3. The number of hydrogen-bond donors (Lipinski definition) is 1. The number of hydrogen-bond acceptors (Lipinski definition) is 4. The summed E-state index contributed by atoms with van der Waals surface area (Å²) < 4.78 is 2.50. The third kappa shape index (κ3) is 3.62. The Morgan fingerprint density at radius 3 is 2.96 bits per heavy atom. The normalized spacial score (nSPS) is 12.2. The van der Waals surface area contributed by atoms with Crippen LogP contribution in [0.15, 0.2) is 47.7 Å². The van der Waals surface area contributed by atoms with Crippen LogP contribution in [-0.4, -0.2) is 31.3 Å². The zero-order chi connectivity index (χ0) is 17.1. The number of fused-ring (bicyclic) bond motifs is 1. The van der Waals surface area contributed by atoms with Crippen LogP contribution in [0.5, 0.6) is 0 Å². The van der Waals surface area contributed by atoms with Crippen molar-refractivity contribution in [3.05, 3.63) is 63.8 Å². The molecule has 0 spiro atoms. The van der Waals surface area contributed by atoms with Crippen molar-refractivity contribution in [1.82, 2.24) is 24.7 Å². The first-order valence-electron chi connectivity index (χ1n) is 7.46. The molecule has 0 fully saturated rings. The van der Waals surface area contributed by atoms with Crippen molar-refractivity contribution >= 4 is 23.0 Å². The fourth-order valence-corrected chi connectivity index (χ4v) is 2.72. The number of carbonyl (C=O) groups is 1. The summed E-state index contributed by atoms with van der Waals surface area (Å²) in [7, 11) is 0. The monoisotopic (exact) mass is 345 g/mol. The van der Waals surface area contributed by atoms with Crippen LogP contribution in [0, 0.1) is 0 Å². The van der Waals surface area contributed by atoms with Crippen LogP contribution in [0.4, 0.5) is 0 Å². The van der Waals surface area contributed by atoms with Crippen LogP contribution in [0.1, 0.15) is 12.5 Å². The Kier molecular flexibility index (Phi) is 4.61. The van der Waals surface area contributed by atoms with Crippen molar-refractivity contribution in [2.75, 3.05) is 0 Å². The van der Waals surface area contributed by atoms with Crippen molar-refractivity contribution in [2.24, 2.45) is 0 Å². The minimum Gasteiger partial charge on any atom is -0.352 e. The van der Waals surface area contributed by atoms with Crippen LogP contribution in [-0.2, 0) is 17.8 Å². The molecule has 124 valence electrons. The van der Waals surface area contributed by atoms with E-state index >= 15 is 0 Å². The Morgan fingerprint density at radius 2 is 2.17 bits per heavy atom. The molecule has 0 saturated heterocycles. The lowest BCUT2D eigenvalue weighted by Gasteiger charge is -2.14. The van der Waals surface area contributed by atoms with Gasteiger partial charge in [-0.3, -0.25) is 9.59 Å². The molecule has 1 atom stereocenters. The number of amides is 1. The van der Waals surface area contributed by atoms with Gasteiger partial charge in [-0.05, 0) is 37.1 Å². The number of rotatable bonds is 5. The van der Waals surface area contributed by atoms with Gasteiger partial charge in [0.1, 0.15) is 18.4 Å². The van der Waals surface area contributed by atoms with Gasteiger partial charge in [-0.15, -0.1) is 0 Å². The molecular formula is C16H16ClN5O2. The number of nitrogens with zero attached hydrogens (tertiary/aromatic N) is 4. The van der Waals surface area contributed by atoms with E-state index in [1.54, 1.807) is 12.1 Å². The average Bonchev–Trinajstić information content (AvgIpc) is 2.99. The Balaban J connectivity index is 1.64. The van der Waals surface area contributed by atoms with Gasteiger partial charge in [0.2, 0.25) is 5.91 Å². The molecule has 0 aliphatic heterocycles. The summed E-state index contributed by atoms with van der Waals surface area (Å²) in [6.45, 7) is 1.76. The van der Waals surface area contributed by atoms with E-state index in [0.29, 0.717) is 17.0 Å². The molecule has 1 unspecified atom stereocenters. The summed E-state index contributed by atoms with van der Waals surface area (Å²) >= 11 is 5.96. The summed E-state index contributed by atoms with van der Waals surface area (Å²) in [5.41, 5.74) is 1.06. The number of benzene rings is 1. The first-order chi connectivity index (χ1) is 11.5. The van der Waals surface area contributed by atoms with Gasteiger partial charge in [0.15, 0.2) is 0 Å². The molecule has 0 aliphatic rings. The van der Waals surface area contributed by atoms with Gasteiger partial charge in [-0.1, -0.05) is 23.7 Å². The number of halogens is 1. The molecule has 0 aliphatic carbocycles. The lowest BCUT2D eigenvalue weighted by molar-refractivity contribution is -0.122. The standard InChI is InChI=1S/C16H16ClN5O2/c1-11(7-12-3-2-4-13(17)8-12)20-15(23)9-21-16(24)14-5-6-18-22(14)10-19-21/h2-6,8,10-11H,7,9H2,1H3,(H,20,23). The highest BCUT2D eigenvalue weighted by atomic mass is 35.5. The lowest BCUT2D eigenvalue weighted by Crippen LogP contribution is -2.39. The number of nitrogens with one attached hydrogen (secondary N) is 1. The van der Waals surface area contributed by atoms with E-state index in [0.717, 1.165) is 10.2 Å². The molecule has 1 aromatic carbocycles. The fourth-order valence-electron chi connectivity index (χ4n) is 2.51. The number of carbonyl (C=O) groups excluding carboxylic acids is 1. The second-order valence-electron chi connectivity index (χ2n) is 5.56. The van der Waals surface area contributed by atoms with Crippen molar-refractivity contribution in [3.63, 3.8) is 0 Å². The Bertz CT molecular complexity index is 933.